The summed E-state index contributed by atoms with van der Waals surface area (Å²) in [5.41, 5.74) is 0.180. The van der Waals surface area contributed by atoms with Crippen LogP contribution in [-0.4, -0.2) is 31.6 Å². The third kappa shape index (κ3) is 3.72. The van der Waals surface area contributed by atoms with Gasteiger partial charge in [-0.15, -0.1) is 10.2 Å². The van der Waals surface area contributed by atoms with Crippen LogP contribution in [0.5, 0.6) is 0 Å². The molecular formula is C12H10N4O4S. The Morgan fingerprint density at radius 3 is 2.57 bits per heavy atom. The summed E-state index contributed by atoms with van der Waals surface area (Å²) in [7, 11) is 0. The van der Waals surface area contributed by atoms with Gasteiger partial charge >= 0.3 is 0 Å². The van der Waals surface area contributed by atoms with E-state index in [1.807, 2.05) is 0 Å². The largest absolute Gasteiger partial charge is 0.298 e. The van der Waals surface area contributed by atoms with Crippen molar-refractivity contribution in [3.8, 4) is 0 Å². The summed E-state index contributed by atoms with van der Waals surface area (Å²) in [5.74, 6) is -0.177. The van der Waals surface area contributed by atoms with Gasteiger partial charge in [0, 0.05) is 17.7 Å². The van der Waals surface area contributed by atoms with Gasteiger partial charge in [-0.05, 0) is 19.1 Å². The number of aromatic amines is 1. The lowest BCUT2D eigenvalue weighted by Crippen LogP contribution is -2.14. The fourth-order valence-corrected chi connectivity index (χ4v) is 2.13. The third-order valence-electron chi connectivity index (χ3n) is 2.58. The standard InChI is InChI=1S/C12H10N4O4S/c1-7-11(18)13-12(15-14-7)21-6-10(17)8-2-4-9(5-3-8)16(19)20/h2-5H,6H2,1H3,(H,13,15,18). The van der Waals surface area contributed by atoms with Crippen LogP contribution in [0.1, 0.15) is 16.1 Å². The van der Waals surface area contributed by atoms with E-state index in [2.05, 4.69) is 15.2 Å². The number of aryl methyl sites for hydroxylation is 1. The van der Waals surface area contributed by atoms with Crippen LogP contribution >= 0.6 is 11.8 Å². The lowest BCUT2D eigenvalue weighted by molar-refractivity contribution is -0.384. The number of carbonyl (C=O) groups excluding carboxylic acids is 1. The maximum atomic E-state index is 11.9. The number of nitrogens with zero attached hydrogens (tertiary/aromatic N) is 3. The first-order valence-corrected chi connectivity index (χ1v) is 6.80. The molecule has 21 heavy (non-hydrogen) atoms. The van der Waals surface area contributed by atoms with Crippen molar-refractivity contribution >= 4 is 23.2 Å². The van der Waals surface area contributed by atoms with Crippen molar-refractivity contribution in [3.63, 3.8) is 0 Å². The van der Waals surface area contributed by atoms with Crippen LogP contribution in [0.4, 0.5) is 5.69 Å². The van der Waals surface area contributed by atoms with Crippen LogP contribution in [0.25, 0.3) is 0 Å². The molecular weight excluding hydrogens is 296 g/mol. The zero-order chi connectivity index (χ0) is 15.4. The lowest BCUT2D eigenvalue weighted by atomic mass is 10.1. The zero-order valence-electron chi connectivity index (χ0n) is 10.9. The van der Waals surface area contributed by atoms with E-state index >= 15 is 0 Å². The van der Waals surface area contributed by atoms with Gasteiger partial charge in [0.2, 0.25) is 0 Å². The topological polar surface area (TPSA) is 119 Å². The smallest absolute Gasteiger partial charge is 0.273 e. The molecule has 2 rings (SSSR count). The van der Waals surface area contributed by atoms with Gasteiger partial charge in [0.15, 0.2) is 10.9 Å². The molecule has 0 saturated heterocycles. The van der Waals surface area contributed by atoms with Crippen molar-refractivity contribution in [2.24, 2.45) is 0 Å². The van der Waals surface area contributed by atoms with Gasteiger partial charge in [-0.3, -0.25) is 24.7 Å². The van der Waals surface area contributed by atoms with Crippen LogP contribution in [0, 0.1) is 17.0 Å². The van der Waals surface area contributed by atoms with Crippen molar-refractivity contribution in [3.05, 3.63) is 56.0 Å². The number of hydrogen-bond donors (Lipinski definition) is 1. The summed E-state index contributed by atoms with van der Waals surface area (Å²) in [5, 5.41) is 18.2. The zero-order valence-corrected chi connectivity index (χ0v) is 11.7. The van der Waals surface area contributed by atoms with E-state index in [0.29, 0.717) is 5.56 Å². The number of nitrogens with one attached hydrogen (secondary N) is 1. The van der Waals surface area contributed by atoms with Gasteiger partial charge < -0.3 is 0 Å². The molecule has 108 valence electrons. The molecule has 0 saturated carbocycles. The summed E-state index contributed by atoms with van der Waals surface area (Å²) >= 11 is 1.04. The van der Waals surface area contributed by atoms with Crippen LogP contribution < -0.4 is 5.56 Å². The van der Waals surface area contributed by atoms with E-state index < -0.39 is 4.92 Å². The molecule has 0 spiro atoms. The van der Waals surface area contributed by atoms with E-state index in [0.717, 1.165) is 11.8 Å². The molecule has 8 nitrogen and oxygen atoms in total. The number of aromatic nitrogens is 3. The van der Waals surface area contributed by atoms with Gasteiger partial charge in [0.1, 0.15) is 5.69 Å². The highest BCUT2D eigenvalue weighted by molar-refractivity contribution is 7.99. The molecule has 0 aliphatic rings. The molecule has 1 heterocycles. The molecule has 0 radical (unpaired) electrons. The molecule has 1 N–H and O–H groups in total. The van der Waals surface area contributed by atoms with Crippen LogP contribution in [0.2, 0.25) is 0 Å². The molecule has 0 aliphatic heterocycles. The Balaban J connectivity index is 2.02. The highest BCUT2D eigenvalue weighted by Gasteiger charge is 2.11. The number of Topliss-reactive ketones (excluding diaryl/α,β-unsaturated/α-hetero) is 1. The number of thioether (sulfide) groups is 1. The number of non-ortho nitro benzene ring substituents is 1. The van der Waals surface area contributed by atoms with E-state index in [1.165, 1.54) is 31.2 Å². The van der Waals surface area contributed by atoms with Gasteiger partial charge in [-0.1, -0.05) is 11.8 Å². The SMILES string of the molecule is Cc1nnc(SCC(=O)c2ccc([N+](=O)[O-])cc2)[nH]c1=O. The van der Waals surface area contributed by atoms with Crippen LogP contribution in [-0.2, 0) is 0 Å². The molecule has 0 aliphatic carbocycles. The Kier molecular flexibility index (Phi) is 4.43. The number of benzene rings is 1. The van der Waals surface area contributed by atoms with Crippen LogP contribution in [0.15, 0.2) is 34.2 Å². The first-order valence-electron chi connectivity index (χ1n) is 5.81. The number of ketones is 1. The molecule has 0 fully saturated rings. The predicted molar refractivity (Wildman–Crippen MR) is 75.5 cm³/mol. The Labute approximate surface area is 122 Å². The van der Waals surface area contributed by atoms with Crippen molar-refractivity contribution in [1.82, 2.24) is 15.2 Å². The van der Waals surface area contributed by atoms with E-state index in [1.54, 1.807) is 0 Å². The minimum atomic E-state index is -0.532. The predicted octanol–water partition coefficient (Wildman–Crippen LogP) is 1.36. The quantitative estimate of drug-likeness (QED) is 0.383. The molecule has 2 aromatic rings. The second-order valence-corrected chi connectivity index (χ2v) is 5.02. The van der Waals surface area contributed by atoms with Crippen molar-refractivity contribution in [1.29, 1.82) is 0 Å². The molecule has 1 aromatic heterocycles. The number of nitro benzene ring substituents is 1. The van der Waals surface area contributed by atoms with Crippen molar-refractivity contribution in [2.45, 2.75) is 12.1 Å². The maximum absolute atomic E-state index is 11.9. The number of nitro groups is 1. The van der Waals surface area contributed by atoms with Gasteiger partial charge in [-0.2, -0.15) is 0 Å². The lowest BCUT2D eigenvalue weighted by Gasteiger charge is -2.01. The van der Waals surface area contributed by atoms with Gasteiger partial charge in [-0.25, -0.2) is 0 Å². The molecule has 9 heteroatoms. The Morgan fingerprint density at radius 2 is 2.00 bits per heavy atom. The minimum absolute atomic E-state index is 0.0471. The van der Waals surface area contributed by atoms with E-state index in [-0.39, 0.29) is 33.6 Å². The summed E-state index contributed by atoms with van der Waals surface area (Å²) in [6, 6.07) is 5.33. The first-order chi connectivity index (χ1) is 9.97. The Morgan fingerprint density at radius 1 is 1.33 bits per heavy atom. The fraction of sp³-hybridized carbons (Fsp3) is 0.167. The summed E-state index contributed by atoms with van der Waals surface area (Å²) in [4.78, 5) is 35.7. The fourth-order valence-electron chi connectivity index (χ4n) is 1.43. The van der Waals surface area contributed by atoms with Crippen LogP contribution in [0.3, 0.4) is 0 Å². The van der Waals surface area contributed by atoms with Crippen molar-refractivity contribution < 1.29 is 9.72 Å². The minimum Gasteiger partial charge on any atom is -0.298 e. The molecule has 0 unspecified atom stereocenters. The molecule has 0 bridgehead atoms. The maximum Gasteiger partial charge on any atom is 0.273 e. The normalized spacial score (nSPS) is 10.3. The second-order valence-electron chi connectivity index (χ2n) is 4.06. The summed E-state index contributed by atoms with van der Waals surface area (Å²) in [6.45, 7) is 1.53. The number of hydrogen-bond acceptors (Lipinski definition) is 7. The molecule has 1 aromatic carbocycles. The van der Waals surface area contributed by atoms with Gasteiger partial charge in [0.05, 0.1) is 10.7 Å². The second kappa shape index (κ2) is 6.27. The van der Waals surface area contributed by atoms with Crippen molar-refractivity contribution in [2.75, 3.05) is 5.75 Å². The Bertz CT molecular complexity index is 742. The third-order valence-corrected chi connectivity index (χ3v) is 3.44. The molecule has 0 amide bonds. The average Bonchev–Trinajstić information content (AvgIpc) is 2.48. The Hall–Kier alpha value is -2.55. The number of H-pyrrole nitrogens is 1. The summed E-state index contributed by atoms with van der Waals surface area (Å²) in [6.07, 6.45) is 0. The first kappa shape index (κ1) is 14.9. The van der Waals surface area contributed by atoms with E-state index in [9.17, 15) is 19.7 Å². The monoisotopic (exact) mass is 306 g/mol. The van der Waals surface area contributed by atoms with E-state index in [4.69, 9.17) is 0 Å². The van der Waals surface area contributed by atoms with Gasteiger partial charge in [0.25, 0.3) is 11.2 Å². The average molecular weight is 306 g/mol. The highest BCUT2D eigenvalue weighted by Crippen LogP contribution is 2.16. The number of rotatable bonds is 5. The highest BCUT2D eigenvalue weighted by atomic mass is 32.2. The molecule has 0 atom stereocenters. The number of carbonyl (C=O) groups is 1. The summed E-state index contributed by atoms with van der Waals surface area (Å²) < 4.78 is 0.